The molecule has 2 atom stereocenters. The maximum Gasteiger partial charge on any atom is 0.320 e. The average Bonchev–Trinajstić information content (AvgIpc) is 2.43. The quantitative estimate of drug-likeness (QED) is 0.795. The van der Waals surface area contributed by atoms with Gasteiger partial charge in [0.05, 0.1) is 12.1 Å². The zero-order valence-corrected chi connectivity index (χ0v) is 13.6. The first-order valence-corrected chi connectivity index (χ1v) is 8.53. The summed E-state index contributed by atoms with van der Waals surface area (Å²) in [6.45, 7) is 5.57. The van der Waals surface area contributed by atoms with E-state index in [1.807, 2.05) is 9.80 Å². The van der Waals surface area contributed by atoms with Gasteiger partial charge in [0.25, 0.3) is 0 Å². The van der Waals surface area contributed by atoms with E-state index in [9.17, 15) is 9.59 Å². The second-order valence-electron chi connectivity index (χ2n) is 7.58. The molecule has 4 aliphatic rings. The van der Waals surface area contributed by atoms with Gasteiger partial charge < -0.3 is 19.9 Å². The van der Waals surface area contributed by atoms with Crippen LogP contribution in [0.2, 0.25) is 0 Å². The minimum absolute atomic E-state index is 0. The van der Waals surface area contributed by atoms with Gasteiger partial charge in [-0.3, -0.25) is 9.50 Å². The fourth-order valence-electron chi connectivity index (χ4n) is 4.68. The largest absolute Gasteiger partial charge is 0.366 e. The fourth-order valence-corrected chi connectivity index (χ4v) is 4.68. The monoisotopic (exact) mass is 333 g/mol. The number of rotatable bonds is 1. The van der Waals surface area contributed by atoms with Gasteiger partial charge in [0, 0.05) is 35.9 Å². The Hall–Kier alpha value is -1.37. The maximum atomic E-state index is 12.6. The van der Waals surface area contributed by atoms with Gasteiger partial charge in [-0.25, -0.2) is 4.79 Å². The third-order valence-corrected chi connectivity index (χ3v) is 5.94. The number of piperidine rings is 1. The number of nitrogens with zero attached hydrogens (tertiary/aromatic N) is 2. The lowest BCUT2D eigenvalue weighted by molar-refractivity contribution is -0.140. The summed E-state index contributed by atoms with van der Waals surface area (Å²) in [5.41, 5.74) is 0.441. The minimum atomic E-state index is -0.0708. The van der Waals surface area contributed by atoms with E-state index in [-0.39, 0.29) is 39.7 Å². The molecule has 1 saturated carbocycles. The first-order valence-electron chi connectivity index (χ1n) is 8.53. The van der Waals surface area contributed by atoms with E-state index in [2.05, 4.69) is 12.2 Å². The molecule has 0 aromatic carbocycles. The van der Waals surface area contributed by atoms with Crippen LogP contribution < -0.4 is 5.32 Å². The van der Waals surface area contributed by atoms with E-state index in [0.29, 0.717) is 12.0 Å². The van der Waals surface area contributed by atoms with Crippen LogP contribution in [0.1, 0.15) is 36.9 Å². The molecule has 0 aromatic rings. The summed E-state index contributed by atoms with van der Waals surface area (Å²) >= 11 is 0. The molecular weight excluding hydrogens is 301 g/mol. The van der Waals surface area contributed by atoms with E-state index in [4.69, 9.17) is 4.74 Å². The Labute approximate surface area is 140 Å². The zero-order valence-electron chi connectivity index (χ0n) is 13.6. The molecule has 23 heavy (non-hydrogen) atoms. The summed E-state index contributed by atoms with van der Waals surface area (Å²) in [5.74, 6) is 0.807. The van der Waals surface area contributed by atoms with Crippen molar-refractivity contribution in [1.82, 2.24) is 15.1 Å². The topological polar surface area (TPSA) is 61.9 Å². The second-order valence-corrected chi connectivity index (χ2v) is 7.58. The molecule has 0 radical (unpaired) electrons. The summed E-state index contributed by atoms with van der Waals surface area (Å²) in [6.07, 6.45) is 4.74. The Morgan fingerprint density at radius 3 is 2.83 bits per heavy atom. The smallest absolute Gasteiger partial charge is 0.320 e. The average molecular weight is 333 g/mol. The second kappa shape index (κ2) is 5.92. The van der Waals surface area contributed by atoms with Crippen LogP contribution in [0.15, 0.2) is 0 Å². The van der Waals surface area contributed by atoms with Gasteiger partial charge in [-0.05, 0) is 25.2 Å². The summed E-state index contributed by atoms with van der Waals surface area (Å²) in [4.78, 5) is 27.9. The van der Waals surface area contributed by atoms with Gasteiger partial charge in [-0.2, -0.15) is 0 Å². The van der Waals surface area contributed by atoms with Crippen LogP contribution >= 0.6 is 0 Å². The number of urea groups is 1. The van der Waals surface area contributed by atoms with Crippen LogP contribution in [-0.4, -0.2) is 66.7 Å². The standard InChI is InChI=1S/C16H25N3O3.FH.3H2/c1-2-11-5-16(6-11)9-19(10-16)15(21)18-4-3-13-12(7-18)17-14(20)8-22-13;;;;/h11-13H,2-10H2,1H3,(H,17,20);4*1H. The molecule has 3 aliphatic heterocycles. The molecule has 3 saturated heterocycles. The summed E-state index contributed by atoms with van der Waals surface area (Å²) in [7, 11) is 0. The highest BCUT2D eigenvalue weighted by Gasteiger charge is 2.53. The molecule has 1 spiro atoms. The van der Waals surface area contributed by atoms with E-state index >= 15 is 0 Å². The maximum absolute atomic E-state index is 12.6. The lowest BCUT2D eigenvalue weighted by Crippen LogP contribution is -2.68. The Kier molecular flexibility index (Phi) is 4.25. The number of nitrogens with one attached hydrogen (secondary N) is 1. The van der Waals surface area contributed by atoms with Gasteiger partial charge >= 0.3 is 6.03 Å². The van der Waals surface area contributed by atoms with Crippen LogP contribution in [-0.2, 0) is 9.53 Å². The van der Waals surface area contributed by atoms with Crippen molar-refractivity contribution in [2.75, 3.05) is 32.8 Å². The van der Waals surface area contributed by atoms with Crippen LogP contribution in [0, 0.1) is 11.3 Å². The van der Waals surface area contributed by atoms with Crippen molar-refractivity contribution in [3.05, 3.63) is 0 Å². The van der Waals surface area contributed by atoms with Crippen molar-refractivity contribution in [1.29, 1.82) is 0 Å². The van der Waals surface area contributed by atoms with Crippen molar-refractivity contribution in [3.63, 3.8) is 0 Å². The third kappa shape index (κ3) is 2.79. The zero-order chi connectivity index (χ0) is 15.3. The first-order chi connectivity index (χ1) is 10.6. The highest BCUT2D eigenvalue weighted by molar-refractivity contribution is 5.79. The predicted octanol–water partition coefficient (Wildman–Crippen LogP) is 1.71. The molecule has 3 amide bonds. The van der Waals surface area contributed by atoms with Gasteiger partial charge in [-0.1, -0.05) is 13.3 Å². The van der Waals surface area contributed by atoms with Gasteiger partial charge in [0.1, 0.15) is 6.61 Å². The number of halogens is 1. The summed E-state index contributed by atoms with van der Waals surface area (Å²) < 4.78 is 5.54. The minimum Gasteiger partial charge on any atom is -0.366 e. The molecule has 1 aliphatic carbocycles. The fraction of sp³-hybridized carbons (Fsp3) is 0.875. The number of fused-ring (bicyclic) bond motifs is 1. The number of ether oxygens (including phenoxy) is 1. The number of hydrogen-bond donors (Lipinski definition) is 1. The van der Waals surface area contributed by atoms with Gasteiger partial charge in [0.15, 0.2) is 0 Å². The lowest BCUT2D eigenvalue weighted by Gasteiger charge is -2.60. The third-order valence-electron chi connectivity index (χ3n) is 5.94. The van der Waals surface area contributed by atoms with Crippen LogP contribution in [0.3, 0.4) is 0 Å². The Balaban J connectivity index is 0.00000156. The van der Waals surface area contributed by atoms with E-state index in [1.165, 1.54) is 19.3 Å². The number of amides is 3. The predicted molar refractivity (Wildman–Crippen MR) is 89.1 cm³/mol. The SMILES string of the molecule is CCC1CC2(C1)CN(C(=O)N1CCC3OCC(=O)NC3C1)C2.F.[HH].[HH].[HH]. The van der Waals surface area contributed by atoms with Crippen LogP contribution in [0.25, 0.3) is 0 Å². The summed E-state index contributed by atoms with van der Waals surface area (Å²) in [6, 6.07) is 0.103. The summed E-state index contributed by atoms with van der Waals surface area (Å²) in [5, 5.41) is 2.95. The van der Waals surface area contributed by atoms with Crippen LogP contribution in [0.4, 0.5) is 9.50 Å². The normalized spacial score (nSPS) is 32.3. The molecular formula is C16H32FN3O3. The van der Waals surface area contributed by atoms with Gasteiger partial charge in [-0.15, -0.1) is 0 Å². The van der Waals surface area contributed by atoms with Crippen molar-refractivity contribution >= 4 is 11.9 Å². The molecule has 7 heteroatoms. The van der Waals surface area contributed by atoms with Crippen molar-refractivity contribution in [3.8, 4) is 0 Å². The Morgan fingerprint density at radius 2 is 2.13 bits per heavy atom. The van der Waals surface area contributed by atoms with Crippen molar-refractivity contribution < 1.29 is 23.3 Å². The molecule has 3 heterocycles. The van der Waals surface area contributed by atoms with E-state index in [1.54, 1.807) is 0 Å². The van der Waals surface area contributed by atoms with Crippen LogP contribution in [0.5, 0.6) is 0 Å². The van der Waals surface area contributed by atoms with Gasteiger partial charge in [0.2, 0.25) is 5.91 Å². The van der Waals surface area contributed by atoms with Crippen molar-refractivity contribution in [2.45, 2.75) is 44.8 Å². The number of likely N-dealkylation sites (tertiary alicyclic amines) is 2. The molecule has 2 unspecified atom stereocenters. The highest BCUT2D eigenvalue weighted by Crippen LogP contribution is 2.53. The molecule has 6 nitrogen and oxygen atoms in total. The highest BCUT2D eigenvalue weighted by atomic mass is 19.0. The van der Waals surface area contributed by atoms with E-state index < -0.39 is 0 Å². The molecule has 136 valence electrons. The number of carbonyl (C=O) groups excluding carboxylic acids is 2. The Bertz CT molecular complexity index is 500. The number of morpholine rings is 1. The molecule has 0 aromatic heterocycles. The van der Waals surface area contributed by atoms with Crippen molar-refractivity contribution in [2.24, 2.45) is 11.3 Å². The lowest BCUT2D eigenvalue weighted by atomic mass is 9.57. The Morgan fingerprint density at radius 1 is 1.39 bits per heavy atom. The molecule has 4 fully saturated rings. The molecule has 1 N–H and O–H groups in total. The number of carbonyl (C=O) groups is 2. The molecule has 0 bridgehead atoms. The molecule has 4 rings (SSSR count). The first kappa shape index (κ1) is 16.5. The van der Waals surface area contributed by atoms with E-state index in [0.717, 1.165) is 32.0 Å². The number of hydrogen-bond acceptors (Lipinski definition) is 3.